The van der Waals surface area contributed by atoms with Crippen LogP contribution in [0.3, 0.4) is 0 Å². The van der Waals surface area contributed by atoms with Gasteiger partial charge < -0.3 is 52.7 Å². The van der Waals surface area contributed by atoms with Crippen LogP contribution in [0.2, 0.25) is 0 Å². The van der Waals surface area contributed by atoms with Crippen LogP contribution >= 0.6 is 7.45 Å². The summed E-state index contributed by atoms with van der Waals surface area (Å²) in [7, 11) is -3.51. The lowest BCUT2D eigenvalue weighted by molar-refractivity contribution is -0.0224. The molecule has 0 aliphatic carbocycles. The summed E-state index contributed by atoms with van der Waals surface area (Å²) in [6.07, 6.45) is 10.8. The minimum Gasteiger partial charge on any atom is -0.493 e. The second kappa shape index (κ2) is 37.4. The van der Waals surface area contributed by atoms with Gasteiger partial charge in [0.2, 0.25) is 7.45 Å². The van der Waals surface area contributed by atoms with Crippen LogP contribution in [0.15, 0.2) is 35.2 Å². The third-order valence-corrected chi connectivity index (χ3v) is 8.66. The van der Waals surface area contributed by atoms with Crippen LogP contribution in [0.25, 0.3) is 0 Å². The van der Waals surface area contributed by atoms with Crippen molar-refractivity contribution in [1.82, 2.24) is 5.32 Å². The molecular weight excluding hydrogens is 736 g/mol. The summed E-state index contributed by atoms with van der Waals surface area (Å²) < 4.78 is 79.5. The fourth-order valence-electron chi connectivity index (χ4n) is 4.67. The molecule has 0 aliphatic rings. The second-order valence-electron chi connectivity index (χ2n) is 12.8. The van der Waals surface area contributed by atoms with E-state index in [9.17, 15) is 8.76 Å². The highest BCUT2D eigenvalue weighted by Crippen LogP contribution is 2.41. The first kappa shape index (κ1) is 50.8. The van der Waals surface area contributed by atoms with Crippen LogP contribution in [-0.2, 0) is 49.0 Å². The Morgan fingerprint density at radius 3 is 1.40 bits per heavy atom. The van der Waals surface area contributed by atoms with Crippen molar-refractivity contribution in [2.24, 2.45) is 5.11 Å². The van der Waals surface area contributed by atoms with Crippen LogP contribution in [0.1, 0.15) is 70.8 Å². The molecule has 1 rings (SSSR count). The number of unbranched alkanes of at least 4 members (excludes halogenated alkanes) is 6. The highest BCUT2D eigenvalue weighted by atomic mass is 31.2. The van der Waals surface area contributed by atoms with Gasteiger partial charge >= 0.3 is 0 Å². The van der Waals surface area contributed by atoms with Crippen LogP contribution < -0.4 is 14.8 Å². The maximum Gasteiger partial charge on any atom is 0.243 e. The molecule has 2 N–H and O–H groups in total. The van der Waals surface area contributed by atoms with Crippen molar-refractivity contribution < 1.29 is 56.1 Å². The smallest absolute Gasteiger partial charge is 0.243 e. The van der Waals surface area contributed by atoms with Gasteiger partial charge in [-0.1, -0.05) is 52.4 Å². The van der Waals surface area contributed by atoms with Gasteiger partial charge in [-0.15, -0.1) is 0 Å². The van der Waals surface area contributed by atoms with E-state index in [-0.39, 0.29) is 19.4 Å². The molecule has 0 radical (unpaired) electrons. The molecule has 55 heavy (non-hydrogen) atoms. The van der Waals surface area contributed by atoms with E-state index in [2.05, 4.69) is 24.3 Å². The molecule has 320 valence electrons. The van der Waals surface area contributed by atoms with Crippen molar-refractivity contribution in [3.63, 3.8) is 0 Å². The summed E-state index contributed by atoms with van der Waals surface area (Å²) in [5.41, 5.74) is 9.01. The maximum absolute atomic E-state index is 12.9. The predicted octanol–water partition coefficient (Wildman–Crippen LogP) is 7.58. The van der Waals surface area contributed by atoms with Crippen LogP contribution in [0, 0.1) is 5.53 Å². The summed E-state index contributed by atoms with van der Waals surface area (Å²) in [6, 6.07) is 6.02. The number of nitrogens with one attached hydrogen (secondary N) is 2. The average Bonchev–Trinajstić information content (AvgIpc) is 3.16. The first-order chi connectivity index (χ1) is 26.9. The highest BCUT2D eigenvalue weighted by molar-refractivity contribution is 7.57. The maximum atomic E-state index is 12.9. The molecule has 0 bridgehead atoms. The largest absolute Gasteiger partial charge is 0.493 e. The number of halogens is 1. The molecule has 0 fully saturated rings. The van der Waals surface area contributed by atoms with E-state index in [0.717, 1.165) is 49.4 Å². The monoisotopic (exact) mass is 807 g/mol. The zero-order chi connectivity index (χ0) is 39.9. The van der Waals surface area contributed by atoms with Gasteiger partial charge in [0.05, 0.1) is 125 Å². The molecule has 0 amide bonds. The van der Waals surface area contributed by atoms with Gasteiger partial charge in [0.15, 0.2) is 0 Å². The lowest BCUT2D eigenvalue weighted by Crippen LogP contribution is -2.15. The van der Waals surface area contributed by atoms with Crippen molar-refractivity contribution in [3.05, 3.63) is 35.7 Å². The highest BCUT2D eigenvalue weighted by Gasteiger charge is 2.11. The fraction of sp³-hybridized carbons (Fsp3) is 0.795. The van der Waals surface area contributed by atoms with Crippen LogP contribution in [-0.4, -0.2) is 132 Å². The summed E-state index contributed by atoms with van der Waals surface area (Å²) in [5.74, 6) is 1.61. The van der Waals surface area contributed by atoms with Gasteiger partial charge in [-0.25, -0.2) is 5.53 Å². The minimum atomic E-state index is -3.51. The Kier molecular flexibility index (Phi) is 34.5. The number of benzene rings is 1. The SMILES string of the molecule is CCCCCCOc1cc(CN/C=C(/COCCOCCOCCOCCOCCOCCOCCOCCP(C)(=O)F)N=N)cc(OCCCCCC)c1. The van der Waals surface area contributed by atoms with Crippen LogP contribution in [0.5, 0.6) is 11.5 Å². The van der Waals surface area contributed by atoms with Gasteiger partial charge in [0.1, 0.15) is 17.2 Å². The molecule has 0 aliphatic heterocycles. The van der Waals surface area contributed by atoms with Crippen molar-refractivity contribution in [1.29, 1.82) is 5.53 Å². The molecule has 0 spiro atoms. The molecule has 1 aromatic rings. The van der Waals surface area contributed by atoms with E-state index in [1.807, 2.05) is 18.2 Å². The Bertz CT molecular complexity index is 1080. The van der Waals surface area contributed by atoms with E-state index in [4.69, 9.17) is 52.9 Å². The van der Waals surface area contributed by atoms with E-state index < -0.39 is 7.45 Å². The Morgan fingerprint density at radius 2 is 1.02 bits per heavy atom. The summed E-state index contributed by atoms with van der Waals surface area (Å²) in [6.45, 7) is 13.7. The van der Waals surface area contributed by atoms with Gasteiger partial charge in [-0.2, -0.15) is 9.31 Å². The fourth-order valence-corrected chi connectivity index (χ4v) is 5.13. The van der Waals surface area contributed by atoms with E-state index >= 15 is 0 Å². The van der Waals surface area contributed by atoms with Crippen molar-refractivity contribution in [2.45, 2.75) is 71.8 Å². The zero-order valence-corrected chi connectivity index (χ0v) is 34.8. The third kappa shape index (κ3) is 34.8. The molecule has 0 aromatic heterocycles. The summed E-state index contributed by atoms with van der Waals surface area (Å²) >= 11 is 0. The molecule has 16 heteroatoms. The van der Waals surface area contributed by atoms with Crippen molar-refractivity contribution >= 4 is 7.45 Å². The van der Waals surface area contributed by atoms with E-state index in [1.165, 1.54) is 25.7 Å². The molecule has 1 atom stereocenters. The zero-order valence-electron chi connectivity index (χ0n) is 33.9. The van der Waals surface area contributed by atoms with Crippen LogP contribution in [0.4, 0.5) is 4.20 Å². The number of rotatable bonds is 42. The summed E-state index contributed by atoms with van der Waals surface area (Å²) in [4.78, 5) is 0. The molecule has 1 unspecified atom stereocenters. The number of ether oxygens (including phenoxy) is 10. The van der Waals surface area contributed by atoms with Gasteiger partial charge in [0.25, 0.3) is 0 Å². The predicted molar refractivity (Wildman–Crippen MR) is 212 cm³/mol. The minimum absolute atomic E-state index is 0.0698. The molecule has 0 heterocycles. The Labute approximate surface area is 329 Å². The quantitative estimate of drug-likeness (QED) is 0.0380. The number of hydrogen-bond donors (Lipinski definition) is 2. The van der Waals surface area contributed by atoms with Gasteiger partial charge in [-0.05, 0) is 30.5 Å². The first-order valence-corrected chi connectivity index (χ1v) is 22.2. The Hall–Kier alpha value is -2.20. The molecule has 0 saturated carbocycles. The van der Waals surface area contributed by atoms with Crippen molar-refractivity contribution in [2.75, 3.05) is 132 Å². The number of hydrogen-bond acceptors (Lipinski definition) is 14. The second-order valence-corrected chi connectivity index (χ2v) is 15.2. The van der Waals surface area contributed by atoms with E-state index in [1.54, 1.807) is 6.20 Å². The van der Waals surface area contributed by atoms with Crippen molar-refractivity contribution in [3.8, 4) is 11.5 Å². The van der Waals surface area contributed by atoms with Gasteiger partial charge in [0, 0.05) is 25.5 Å². The lowest BCUT2D eigenvalue weighted by Gasteiger charge is -2.13. The molecule has 14 nitrogen and oxygen atoms in total. The first-order valence-electron chi connectivity index (χ1n) is 20.0. The average molecular weight is 808 g/mol. The Balaban J connectivity index is 2.04. The lowest BCUT2D eigenvalue weighted by atomic mass is 10.2. The van der Waals surface area contributed by atoms with Gasteiger partial charge in [-0.3, -0.25) is 4.57 Å². The topological polar surface area (TPSA) is 158 Å². The summed E-state index contributed by atoms with van der Waals surface area (Å²) in [5, 5.41) is 6.83. The Morgan fingerprint density at radius 1 is 0.618 bits per heavy atom. The number of nitrogens with zero attached hydrogens (tertiary/aromatic N) is 1. The third-order valence-electron chi connectivity index (χ3n) is 7.68. The molecule has 0 saturated heterocycles. The normalized spacial score (nSPS) is 12.8. The van der Waals surface area contributed by atoms with E-state index in [0.29, 0.717) is 118 Å². The molecule has 1 aromatic carbocycles. The standard InChI is InChI=1S/C39H71FN3O11P/c1-4-6-8-10-12-53-38-30-36(31-39(32-38)54-13-11-9-7-5-2)33-42-34-37(43-41)35-52-27-26-50-23-22-48-19-18-46-15-14-45-16-17-47-20-21-49-24-25-51-28-29-55(3,40)44/h30-32,34,41-42H,4-29,33,35H2,1-3H3/b37-34-,43-41?. The molecular formula is C39H71FN3O11P.